The van der Waals surface area contributed by atoms with E-state index in [-0.39, 0.29) is 22.9 Å². The normalized spacial score (nSPS) is 33.8. The monoisotopic (exact) mass is 535 g/mol. The van der Waals surface area contributed by atoms with E-state index in [9.17, 15) is 4.79 Å². The fourth-order valence-corrected chi connectivity index (χ4v) is 9.14. The molecule has 0 spiro atoms. The van der Waals surface area contributed by atoms with Gasteiger partial charge in [-0.2, -0.15) is 0 Å². The van der Waals surface area contributed by atoms with Crippen molar-refractivity contribution in [3.8, 4) is 0 Å². The maximum Gasteiger partial charge on any atom is 0.323 e. The van der Waals surface area contributed by atoms with Crippen LogP contribution < -0.4 is 5.73 Å². The number of pyridine rings is 1. The first kappa shape index (κ1) is 25.8. The Kier molecular flexibility index (Phi) is 6.27. The summed E-state index contributed by atoms with van der Waals surface area (Å²) in [5.74, 6) is 1.82. The number of hydrogen-bond donors (Lipinski definition) is 2. The van der Waals surface area contributed by atoms with Crippen molar-refractivity contribution in [2.24, 2.45) is 34.3 Å². The average molecular weight is 536 g/mol. The number of hydrogen-bond acceptors (Lipinski definition) is 4. The van der Waals surface area contributed by atoms with Gasteiger partial charge in [-0.1, -0.05) is 55.8 Å². The number of nitrogens with zero attached hydrogens (tertiary/aromatic N) is 1. The third kappa shape index (κ3) is 4.08. The fraction of sp³-hybridized carbons (Fsp3) is 0.486. The van der Waals surface area contributed by atoms with Gasteiger partial charge in [0, 0.05) is 42.3 Å². The molecule has 2 aromatic heterocycles. The van der Waals surface area contributed by atoms with E-state index in [2.05, 4.69) is 54.2 Å². The van der Waals surface area contributed by atoms with Crippen LogP contribution in [-0.4, -0.2) is 28.1 Å². The molecule has 0 radical (unpaired) electrons. The highest BCUT2D eigenvalue weighted by Gasteiger charge is 2.57. The third-order valence-corrected chi connectivity index (χ3v) is 11.3. The minimum Gasteiger partial charge on any atom is -0.461 e. The standard InChI is InChI=1S/C35H41N3O2/c1-34-15-13-25(40-33(39)31(36)18-23-21-38-32-8-4-3-7-26(23)32)19-24(34)9-10-27-29-12-11-28(22-6-5-17-37-20-22)35(29,2)16-14-30(27)34/h3-9,11,17,20-21,25,27,29-31,38H,10,12-16,18-19,36H2,1-2H3/t25-,27-,29-,30-,31-,34-,35+/m0/s1. The molecule has 4 aliphatic rings. The summed E-state index contributed by atoms with van der Waals surface area (Å²) in [6, 6.07) is 11.8. The van der Waals surface area contributed by atoms with Crippen molar-refractivity contribution in [2.45, 2.75) is 77.4 Å². The first-order chi connectivity index (χ1) is 19.4. The molecule has 0 saturated heterocycles. The number of nitrogens with two attached hydrogens (primary N) is 1. The summed E-state index contributed by atoms with van der Waals surface area (Å²) in [7, 11) is 0. The molecule has 2 fully saturated rings. The predicted octanol–water partition coefficient (Wildman–Crippen LogP) is 7.00. The summed E-state index contributed by atoms with van der Waals surface area (Å²) in [4.78, 5) is 20.8. The number of allylic oxidation sites excluding steroid dienone is 3. The summed E-state index contributed by atoms with van der Waals surface area (Å²) in [5.41, 5.74) is 13.3. The number of nitrogens with one attached hydrogen (secondary N) is 1. The second kappa shape index (κ2) is 9.73. The Morgan fingerprint density at radius 1 is 1.07 bits per heavy atom. The summed E-state index contributed by atoms with van der Waals surface area (Å²) < 4.78 is 6.06. The highest BCUT2D eigenvalue weighted by molar-refractivity contribution is 5.84. The maximum absolute atomic E-state index is 13.1. The van der Waals surface area contributed by atoms with E-state index in [1.807, 2.05) is 36.8 Å². The number of carbonyl (C=O) groups excluding carboxylic acids is 1. The minimum absolute atomic E-state index is 0.0726. The fourth-order valence-electron chi connectivity index (χ4n) is 9.14. The molecule has 0 aliphatic heterocycles. The molecule has 7 rings (SSSR count). The average Bonchev–Trinajstić information content (AvgIpc) is 3.54. The number of para-hydroxylation sites is 1. The quantitative estimate of drug-likeness (QED) is 0.272. The van der Waals surface area contributed by atoms with E-state index in [0.717, 1.165) is 42.1 Å². The maximum atomic E-state index is 13.1. The zero-order valence-corrected chi connectivity index (χ0v) is 23.7. The Balaban J connectivity index is 1.02. The van der Waals surface area contributed by atoms with Crippen LogP contribution >= 0.6 is 0 Å². The first-order valence-corrected chi connectivity index (χ1v) is 15.2. The van der Waals surface area contributed by atoms with Crippen LogP contribution in [0.3, 0.4) is 0 Å². The lowest BCUT2D eigenvalue weighted by Crippen LogP contribution is -2.50. The Morgan fingerprint density at radius 3 is 2.77 bits per heavy atom. The molecular formula is C35H41N3O2. The van der Waals surface area contributed by atoms with Gasteiger partial charge in [0.15, 0.2) is 0 Å². The van der Waals surface area contributed by atoms with Crippen LogP contribution in [0.15, 0.2) is 72.7 Å². The van der Waals surface area contributed by atoms with E-state index >= 15 is 0 Å². The molecule has 5 heteroatoms. The van der Waals surface area contributed by atoms with Crippen LogP contribution in [0.5, 0.6) is 0 Å². The summed E-state index contributed by atoms with van der Waals surface area (Å²) in [6.07, 6.45) is 19.0. The molecule has 0 unspecified atom stereocenters. The van der Waals surface area contributed by atoms with Crippen molar-refractivity contribution >= 4 is 22.4 Å². The minimum atomic E-state index is -0.655. The Labute approximate surface area is 237 Å². The molecule has 40 heavy (non-hydrogen) atoms. The Bertz CT molecular complexity index is 1490. The predicted molar refractivity (Wildman–Crippen MR) is 159 cm³/mol. The number of rotatable bonds is 5. The van der Waals surface area contributed by atoms with Crippen LogP contribution in [0, 0.1) is 28.6 Å². The number of H-pyrrole nitrogens is 1. The van der Waals surface area contributed by atoms with Gasteiger partial charge in [-0.15, -0.1) is 0 Å². The van der Waals surface area contributed by atoms with E-state index in [1.165, 1.54) is 36.0 Å². The molecule has 3 aromatic rings. The van der Waals surface area contributed by atoms with E-state index < -0.39 is 6.04 Å². The van der Waals surface area contributed by atoms with Crippen molar-refractivity contribution in [3.63, 3.8) is 0 Å². The van der Waals surface area contributed by atoms with Crippen LogP contribution in [-0.2, 0) is 16.0 Å². The summed E-state index contributed by atoms with van der Waals surface area (Å²) in [6.45, 7) is 5.01. The zero-order chi connectivity index (χ0) is 27.5. The highest BCUT2D eigenvalue weighted by Crippen LogP contribution is 2.66. The van der Waals surface area contributed by atoms with Gasteiger partial charge >= 0.3 is 5.97 Å². The smallest absolute Gasteiger partial charge is 0.323 e. The Hall–Kier alpha value is -3.18. The first-order valence-electron chi connectivity index (χ1n) is 15.2. The molecule has 4 aliphatic carbocycles. The molecule has 208 valence electrons. The van der Waals surface area contributed by atoms with Crippen molar-refractivity contribution < 1.29 is 9.53 Å². The van der Waals surface area contributed by atoms with Crippen molar-refractivity contribution in [2.75, 3.05) is 0 Å². The molecule has 2 saturated carbocycles. The second-order valence-electron chi connectivity index (χ2n) is 13.3. The summed E-state index contributed by atoms with van der Waals surface area (Å²) in [5, 5.41) is 1.12. The molecular weight excluding hydrogens is 494 g/mol. The number of aromatic nitrogens is 2. The molecule has 5 nitrogen and oxygen atoms in total. The number of carbonyl (C=O) groups is 1. The van der Waals surface area contributed by atoms with Crippen LogP contribution in [0.25, 0.3) is 16.5 Å². The van der Waals surface area contributed by atoms with Crippen LogP contribution in [0.4, 0.5) is 0 Å². The third-order valence-electron chi connectivity index (χ3n) is 11.3. The molecule has 3 N–H and O–H groups in total. The van der Waals surface area contributed by atoms with Gasteiger partial charge in [0.2, 0.25) is 0 Å². The lowest BCUT2D eigenvalue weighted by Gasteiger charge is -2.57. The lowest BCUT2D eigenvalue weighted by molar-refractivity contribution is -0.153. The van der Waals surface area contributed by atoms with E-state index in [4.69, 9.17) is 10.5 Å². The summed E-state index contributed by atoms with van der Waals surface area (Å²) >= 11 is 0. The van der Waals surface area contributed by atoms with E-state index in [1.54, 1.807) is 0 Å². The molecule has 1 aromatic carbocycles. The van der Waals surface area contributed by atoms with Crippen molar-refractivity contribution in [1.29, 1.82) is 0 Å². The van der Waals surface area contributed by atoms with Crippen LogP contribution in [0.1, 0.15) is 69.9 Å². The number of benzene rings is 1. The molecule has 0 amide bonds. The van der Waals surface area contributed by atoms with Gasteiger partial charge in [-0.25, -0.2) is 0 Å². The lowest BCUT2D eigenvalue weighted by atomic mass is 9.47. The van der Waals surface area contributed by atoms with E-state index in [0.29, 0.717) is 24.2 Å². The van der Waals surface area contributed by atoms with Gasteiger partial charge < -0.3 is 15.5 Å². The topological polar surface area (TPSA) is 81.0 Å². The largest absolute Gasteiger partial charge is 0.461 e. The highest BCUT2D eigenvalue weighted by atomic mass is 16.5. The molecule has 2 heterocycles. The Morgan fingerprint density at radius 2 is 1.93 bits per heavy atom. The molecule has 0 bridgehead atoms. The number of fused-ring (bicyclic) bond motifs is 6. The number of esters is 1. The van der Waals surface area contributed by atoms with Crippen molar-refractivity contribution in [1.82, 2.24) is 9.97 Å². The van der Waals surface area contributed by atoms with Crippen LogP contribution in [0.2, 0.25) is 0 Å². The second-order valence-corrected chi connectivity index (χ2v) is 13.3. The van der Waals surface area contributed by atoms with Crippen molar-refractivity contribution in [3.05, 3.63) is 83.8 Å². The van der Waals surface area contributed by atoms with Gasteiger partial charge in [0.05, 0.1) is 0 Å². The van der Waals surface area contributed by atoms with Gasteiger partial charge in [-0.05, 0) is 95.9 Å². The number of ether oxygens (including phenoxy) is 1. The molecule has 7 atom stereocenters. The SMILES string of the molecule is C[C@]12CC[C@H](OC(=O)[C@@H](N)Cc3c[nH]c4ccccc34)CC1=CC[C@@H]1[C@@H]2CC[C@]2(C)C(c3cccnc3)=CC[C@@H]12. The van der Waals surface area contributed by atoms with Gasteiger partial charge in [-0.3, -0.25) is 9.78 Å². The zero-order valence-electron chi connectivity index (χ0n) is 23.7. The van der Waals surface area contributed by atoms with Gasteiger partial charge in [0.25, 0.3) is 0 Å². The number of aromatic amines is 1. The van der Waals surface area contributed by atoms with Gasteiger partial charge in [0.1, 0.15) is 12.1 Å².